The van der Waals surface area contributed by atoms with Gasteiger partial charge in [-0.2, -0.15) is 0 Å². The largest absolute Gasteiger partial charge is 0.399 e. The van der Waals surface area contributed by atoms with Crippen LogP contribution in [0.5, 0.6) is 0 Å². The lowest BCUT2D eigenvalue weighted by molar-refractivity contribution is 0.674. The maximum absolute atomic E-state index is 5.95. The molecule has 0 aromatic heterocycles. The molecule has 4 heteroatoms. The Morgan fingerprint density at radius 1 is 0.733 bits per heavy atom. The molecule has 1 aliphatic heterocycles. The lowest BCUT2D eigenvalue weighted by atomic mass is 10.0. The number of nitrogens with zero attached hydrogens (tertiary/aromatic N) is 1. The van der Waals surface area contributed by atoms with E-state index < -0.39 is 10.0 Å². The van der Waals surface area contributed by atoms with Crippen LogP contribution in [0.1, 0.15) is 43.0 Å². The molecule has 1 aliphatic rings. The van der Waals surface area contributed by atoms with E-state index >= 15 is 0 Å². The fourth-order valence-electron chi connectivity index (χ4n) is 4.42. The Balaban J connectivity index is 1.74. The Morgan fingerprint density at radius 3 is 1.57 bits per heavy atom. The second kappa shape index (κ2) is 8.27. The summed E-state index contributed by atoms with van der Waals surface area (Å²) in [4.78, 5) is 4.07. The summed E-state index contributed by atoms with van der Waals surface area (Å²) in [5.74, 6) is 1.21. The van der Waals surface area contributed by atoms with E-state index in [1.54, 1.807) is 0 Å². The molecule has 0 amide bonds. The molecular formula is C26H33N3S. The normalized spacial score (nSPS) is 19.8. The molecule has 3 aromatic rings. The van der Waals surface area contributed by atoms with E-state index in [0.717, 1.165) is 24.2 Å². The maximum atomic E-state index is 5.95. The minimum atomic E-state index is -0.726. The maximum Gasteiger partial charge on any atom is 0.0549 e. The molecule has 2 atom stereocenters. The molecule has 4 rings (SSSR count). The highest BCUT2D eigenvalue weighted by atomic mass is 32.3. The number of rotatable bonds is 5. The number of benzene rings is 3. The number of nitrogen functional groups attached to an aromatic ring is 2. The molecule has 3 aromatic carbocycles. The van der Waals surface area contributed by atoms with Crippen LogP contribution in [0, 0.1) is 0 Å². The SMILES string of the molecule is CCS(C)(C)c1ccc(N2[C@H](c3ccc(N)cc3)CC[C@H]2c2ccc(N)cc2)cc1. The van der Waals surface area contributed by atoms with Gasteiger partial charge in [-0.25, -0.2) is 10.0 Å². The second-order valence-electron chi connectivity index (χ2n) is 8.67. The molecule has 0 unspecified atom stereocenters. The first-order chi connectivity index (χ1) is 14.4. The summed E-state index contributed by atoms with van der Waals surface area (Å²) in [5, 5.41) is 0. The molecule has 158 valence electrons. The zero-order chi connectivity index (χ0) is 21.3. The van der Waals surface area contributed by atoms with Crippen molar-refractivity contribution in [2.75, 3.05) is 34.6 Å². The van der Waals surface area contributed by atoms with Crippen molar-refractivity contribution in [3.63, 3.8) is 0 Å². The van der Waals surface area contributed by atoms with E-state index in [2.05, 4.69) is 72.9 Å². The van der Waals surface area contributed by atoms with Crippen LogP contribution in [0.2, 0.25) is 0 Å². The van der Waals surface area contributed by atoms with Gasteiger partial charge in [0.25, 0.3) is 0 Å². The van der Waals surface area contributed by atoms with Gasteiger partial charge in [-0.1, -0.05) is 31.2 Å². The van der Waals surface area contributed by atoms with E-state index in [1.807, 2.05) is 24.3 Å². The molecule has 1 saturated heterocycles. The lowest BCUT2D eigenvalue weighted by Gasteiger charge is -2.35. The molecule has 30 heavy (non-hydrogen) atoms. The van der Waals surface area contributed by atoms with Crippen molar-refractivity contribution in [1.82, 2.24) is 0 Å². The first-order valence-corrected chi connectivity index (χ1v) is 13.3. The summed E-state index contributed by atoms with van der Waals surface area (Å²) >= 11 is 0. The van der Waals surface area contributed by atoms with Gasteiger partial charge in [0.2, 0.25) is 0 Å². The Bertz CT molecular complexity index is 925. The van der Waals surface area contributed by atoms with E-state index in [-0.39, 0.29) is 0 Å². The summed E-state index contributed by atoms with van der Waals surface area (Å²) in [6.07, 6.45) is 7.03. The Labute approximate surface area is 182 Å². The highest BCUT2D eigenvalue weighted by Gasteiger charge is 2.35. The van der Waals surface area contributed by atoms with Gasteiger partial charge in [0.1, 0.15) is 0 Å². The van der Waals surface area contributed by atoms with E-state index in [4.69, 9.17) is 11.5 Å². The second-order valence-corrected chi connectivity index (χ2v) is 12.8. The third kappa shape index (κ3) is 4.01. The molecular weight excluding hydrogens is 386 g/mol. The zero-order valence-corrected chi connectivity index (χ0v) is 19.0. The molecule has 4 N–H and O–H groups in total. The summed E-state index contributed by atoms with van der Waals surface area (Å²) < 4.78 is 0. The van der Waals surface area contributed by atoms with Gasteiger partial charge in [-0.15, -0.1) is 0 Å². The first kappa shape index (κ1) is 20.7. The molecule has 0 saturated carbocycles. The number of anilines is 3. The Kier molecular flexibility index (Phi) is 5.70. The van der Waals surface area contributed by atoms with Crippen LogP contribution >= 0.6 is 10.0 Å². The summed E-state index contributed by atoms with van der Waals surface area (Å²) in [7, 11) is -0.726. The molecule has 0 aliphatic carbocycles. The van der Waals surface area contributed by atoms with Crippen molar-refractivity contribution >= 4 is 27.1 Å². The van der Waals surface area contributed by atoms with Gasteiger partial charge in [0, 0.05) is 17.1 Å². The van der Waals surface area contributed by atoms with Gasteiger partial charge in [-0.3, -0.25) is 0 Å². The summed E-state index contributed by atoms with van der Waals surface area (Å²) in [5.41, 5.74) is 17.5. The minimum Gasteiger partial charge on any atom is -0.399 e. The van der Waals surface area contributed by atoms with Crippen LogP contribution in [0.25, 0.3) is 0 Å². The molecule has 1 heterocycles. The molecule has 0 radical (unpaired) electrons. The lowest BCUT2D eigenvalue weighted by Crippen LogP contribution is -2.26. The van der Waals surface area contributed by atoms with Crippen molar-refractivity contribution in [2.45, 2.75) is 36.7 Å². The standard InChI is InChI=1S/C26H33N3S/c1-4-30(2,3)24-15-13-23(14-16-24)29-25(19-5-9-21(27)10-6-19)17-18-26(29)20-7-11-22(28)12-8-20/h5-16,25-26H,4,17-18,27-28H2,1-3H3/t25-,26-/m0/s1. The number of hydrogen-bond acceptors (Lipinski definition) is 3. The molecule has 1 fully saturated rings. The first-order valence-electron chi connectivity index (χ1n) is 10.7. The van der Waals surface area contributed by atoms with Crippen molar-refractivity contribution in [3.05, 3.63) is 83.9 Å². The van der Waals surface area contributed by atoms with Crippen molar-refractivity contribution in [2.24, 2.45) is 0 Å². The average molecular weight is 420 g/mol. The number of nitrogens with two attached hydrogens (primary N) is 2. The van der Waals surface area contributed by atoms with Gasteiger partial charge >= 0.3 is 0 Å². The Morgan fingerprint density at radius 2 is 1.17 bits per heavy atom. The summed E-state index contributed by atoms with van der Waals surface area (Å²) in [6.45, 7) is 2.29. The van der Waals surface area contributed by atoms with Crippen LogP contribution < -0.4 is 16.4 Å². The van der Waals surface area contributed by atoms with E-state index in [9.17, 15) is 0 Å². The van der Waals surface area contributed by atoms with Gasteiger partial charge < -0.3 is 16.4 Å². The van der Waals surface area contributed by atoms with Crippen molar-refractivity contribution in [3.8, 4) is 0 Å². The minimum absolute atomic E-state index is 0.338. The van der Waals surface area contributed by atoms with E-state index in [1.165, 1.54) is 27.5 Å². The van der Waals surface area contributed by atoms with Gasteiger partial charge in [0.15, 0.2) is 0 Å². The fraction of sp³-hybridized carbons (Fsp3) is 0.308. The monoisotopic (exact) mass is 419 g/mol. The smallest absolute Gasteiger partial charge is 0.0549 e. The van der Waals surface area contributed by atoms with Gasteiger partial charge in [0.05, 0.1) is 12.1 Å². The topological polar surface area (TPSA) is 55.3 Å². The predicted octanol–water partition coefficient (Wildman–Crippen LogP) is 6.38. The number of hydrogen-bond donors (Lipinski definition) is 2. The zero-order valence-electron chi connectivity index (χ0n) is 18.2. The van der Waals surface area contributed by atoms with Crippen LogP contribution in [0.3, 0.4) is 0 Å². The van der Waals surface area contributed by atoms with Crippen molar-refractivity contribution < 1.29 is 0 Å². The van der Waals surface area contributed by atoms with E-state index in [0.29, 0.717) is 12.1 Å². The van der Waals surface area contributed by atoms with Crippen LogP contribution in [-0.2, 0) is 0 Å². The molecule has 0 bridgehead atoms. The van der Waals surface area contributed by atoms with Gasteiger partial charge in [-0.05, 0) is 95.7 Å². The van der Waals surface area contributed by atoms with Crippen LogP contribution in [0.15, 0.2) is 77.7 Å². The average Bonchev–Trinajstić information content (AvgIpc) is 3.20. The summed E-state index contributed by atoms with van der Waals surface area (Å²) in [6, 6.07) is 26.8. The van der Waals surface area contributed by atoms with Crippen LogP contribution in [-0.4, -0.2) is 18.3 Å². The highest BCUT2D eigenvalue weighted by Crippen LogP contribution is 2.51. The van der Waals surface area contributed by atoms with Crippen LogP contribution in [0.4, 0.5) is 17.1 Å². The predicted molar refractivity (Wildman–Crippen MR) is 134 cm³/mol. The Hall–Kier alpha value is -2.59. The third-order valence-corrected chi connectivity index (χ3v) is 9.51. The molecule has 0 spiro atoms. The third-order valence-electron chi connectivity index (χ3n) is 6.52. The highest BCUT2D eigenvalue weighted by molar-refractivity contribution is 8.32. The molecule has 3 nitrogen and oxygen atoms in total. The van der Waals surface area contributed by atoms with Crippen molar-refractivity contribution in [1.29, 1.82) is 0 Å². The quantitative estimate of drug-likeness (QED) is 0.472. The fourth-order valence-corrected chi connectivity index (χ4v) is 5.62.